The van der Waals surface area contributed by atoms with E-state index in [1.165, 1.54) is 5.69 Å². The molecule has 5 nitrogen and oxygen atoms in total. The van der Waals surface area contributed by atoms with Crippen LogP contribution in [0, 0.1) is 6.92 Å². The van der Waals surface area contributed by atoms with Crippen LogP contribution >= 0.6 is 11.6 Å². The molecular weight excluding hydrogens is 310 g/mol. The van der Waals surface area contributed by atoms with Gasteiger partial charge in [-0.3, -0.25) is 0 Å². The molecule has 1 saturated heterocycles. The number of anilines is 2. The van der Waals surface area contributed by atoms with Gasteiger partial charge in [0.15, 0.2) is 5.82 Å². The highest BCUT2D eigenvalue weighted by molar-refractivity contribution is 6.30. The minimum absolute atomic E-state index is 0.783. The summed E-state index contributed by atoms with van der Waals surface area (Å²) in [6.07, 6.45) is 3.71. The quantitative estimate of drug-likeness (QED) is 0.725. The molecule has 0 aliphatic carbocycles. The maximum Gasteiger partial charge on any atom is 0.154 e. The molecule has 1 aliphatic rings. The van der Waals surface area contributed by atoms with Crippen molar-refractivity contribution in [3.63, 3.8) is 0 Å². The fraction of sp³-hybridized carbons (Fsp3) is 0.294. The minimum atomic E-state index is 0.783. The number of rotatable bonds is 2. The fourth-order valence-corrected chi connectivity index (χ4v) is 3.31. The Bertz CT molecular complexity index is 836. The van der Waals surface area contributed by atoms with Gasteiger partial charge in [-0.2, -0.15) is 5.10 Å². The van der Waals surface area contributed by atoms with Gasteiger partial charge in [-0.15, -0.1) is 0 Å². The third-order valence-electron chi connectivity index (χ3n) is 4.24. The molecule has 0 radical (unpaired) electrons. The number of halogens is 1. The summed E-state index contributed by atoms with van der Waals surface area (Å²) in [6, 6.07) is 10.1. The molecule has 118 valence electrons. The third-order valence-corrected chi connectivity index (χ3v) is 4.48. The van der Waals surface area contributed by atoms with Crippen LogP contribution in [0.15, 0.2) is 42.7 Å². The average Bonchev–Trinajstić information content (AvgIpc) is 2.95. The molecule has 1 fully saturated rings. The summed E-state index contributed by atoms with van der Waals surface area (Å²) in [7, 11) is 0. The van der Waals surface area contributed by atoms with E-state index in [0.717, 1.165) is 48.2 Å². The first-order valence-electron chi connectivity index (χ1n) is 7.77. The summed E-state index contributed by atoms with van der Waals surface area (Å²) in [5.41, 5.74) is 3.27. The maximum absolute atomic E-state index is 6.10. The largest absolute Gasteiger partial charge is 0.368 e. The molecular formula is C17H18ClN5. The van der Waals surface area contributed by atoms with Crippen molar-refractivity contribution in [3.05, 3.63) is 53.4 Å². The zero-order valence-electron chi connectivity index (χ0n) is 13.0. The van der Waals surface area contributed by atoms with Crippen LogP contribution in [-0.4, -0.2) is 40.8 Å². The first kappa shape index (κ1) is 14.3. The Morgan fingerprint density at radius 3 is 2.61 bits per heavy atom. The van der Waals surface area contributed by atoms with Crippen molar-refractivity contribution in [2.75, 3.05) is 36.0 Å². The lowest BCUT2D eigenvalue weighted by Crippen LogP contribution is -2.47. The summed E-state index contributed by atoms with van der Waals surface area (Å²) in [5.74, 6) is 1.01. The van der Waals surface area contributed by atoms with Gasteiger partial charge >= 0.3 is 0 Å². The molecule has 0 bridgehead atoms. The SMILES string of the molecule is Cc1cc2c(N3CCN(c4cccc(Cl)c4)CC3)nccn2n1. The van der Waals surface area contributed by atoms with Crippen LogP contribution in [0.3, 0.4) is 0 Å². The summed E-state index contributed by atoms with van der Waals surface area (Å²) >= 11 is 6.10. The second-order valence-electron chi connectivity index (χ2n) is 5.82. The standard InChI is InChI=1S/C17H18ClN5/c1-13-11-16-17(19-5-6-23(16)20-13)22-9-7-21(8-10-22)15-4-2-3-14(18)12-15/h2-6,11-12H,7-10H2,1H3. The third kappa shape index (κ3) is 2.72. The van der Waals surface area contributed by atoms with Crippen LogP contribution in [-0.2, 0) is 0 Å². The van der Waals surface area contributed by atoms with Crippen molar-refractivity contribution in [3.8, 4) is 0 Å². The van der Waals surface area contributed by atoms with Crippen LogP contribution < -0.4 is 9.80 Å². The lowest BCUT2D eigenvalue weighted by Gasteiger charge is -2.36. The normalized spacial score (nSPS) is 15.4. The Balaban J connectivity index is 1.55. The first-order valence-corrected chi connectivity index (χ1v) is 8.15. The Morgan fingerprint density at radius 1 is 1.04 bits per heavy atom. The van der Waals surface area contributed by atoms with E-state index in [1.807, 2.05) is 42.0 Å². The number of hydrogen-bond acceptors (Lipinski definition) is 4. The monoisotopic (exact) mass is 327 g/mol. The second kappa shape index (κ2) is 5.74. The van der Waals surface area contributed by atoms with Crippen molar-refractivity contribution < 1.29 is 0 Å². The maximum atomic E-state index is 6.10. The number of benzene rings is 1. The molecule has 0 spiro atoms. The molecule has 1 aliphatic heterocycles. The zero-order valence-corrected chi connectivity index (χ0v) is 13.7. The Morgan fingerprint density at radius 2 is 1.83 bits per heavy atom. The summed E-state index contributed by atoms with van der Waals surface area (Å²) in [4.78, 5) is 9.28. The van der Waals surface area contributed by atoms with Gasteiger partial charge in [0, 0.05) is 49.3 Å². The topological polar surface area (TPSA) is 36.7 Å². The van der Waals surface area contributed by atoms with Crippen molar-refractivity contribution in [2.24, 2.45) is 0 Å². The molecule has 0 atom stereocenters. The summed E-state index contributed by atoms with van der Waals surface area (Å²) < 4.78 is 1.90. The van der Waals surface area contributed by atoms with Gasteiger partial charge in [0.25, 0.3) is 0 Å². The predicted molar refractivity (Wildman–Crippen MR) is 93.6 cm³/mol. The van der Waals surface area contributed by atoms with Crippen molar-refractivity contribution >= 4 is 28.6 Å². The van der Waals surface area contributed by atoms with Gasteiger partial charge in [0.05, 0.1) is 5.69 Å². The minimum Gasteiger partial charge on any atom is -0.368 e. The molecule has 0 amide bonds. The van der Waals surface area contributed by atoms with E-state index in [2.05, 4.69) is 32.0 Å². The van der Waals surface area contributed by atoms with E-state index in [9.17, 15) is 0 Å². The molecule has 23 heavy (non-hydrogen) atoms. The van der Waals surface area contributed by atoms with E-state index in [1.54, 1.807) is 0 Å². The molecule has 0 unspecified atom stereocenters. The lowest BCUT2D eigenvalue weighted by molar-refractivity contribution is 0.647. The number of aromatic nitrogens is 3. The van der Waals surface area contributed by atoms with Gasteiger partial charge in [-0.25, -0.2) is 9.50 Å². The molecule has 6 heteroatoms. The van der Waals surface area contributed by atoms with E-state index in [0.29, 0.717) is 0 Å². The van der Waals surface area contributed by atoms with Gasteiger partial charge in [-0.1, -0.05) is 17.7 Å². The van der Waals surface area contributed by atoms with Crippen molar-refractivity contribution in [1.82, 2.24) is 14.6 Å². The first-order chi connectivity index (χ1) is 11.2. The highest BCUT2D eigenvalue weighted by atomic mass is 35.5. The fourth-order valence-electron chi connectivity index (χ4n) is 3.12. The van der Waals surface area contributed by atoms with Crippen LogP contribution in [0.1, 0.15) is 5.69 Å². The molecule has 0 saturated carbocycles. The summed E-state index contributed by atoms with van der Waals surface area (Å²) in [5, 5.41) is 5.25. The number of fused-ring (bicyclic) bond motifs is 1. The second-order valence-corrected chi connectivity index (χ2v) is 6.26. The number of hydrogen-bond donors (Lipinski definition) is 0. The van der Waals surface area contributed by atoms with Gasteiger partial charge in [0.2, 0.25) is 0 Å². The van der Waals surface area contributed by atoms with Crippen molar-refractivity contribution in [2.45, 2.75) is 6.92 Å². The highest BCUT2D eigenvalue weighted by Crippen LogP contribution is 2.24. The van der Waals surface area contributed by atoms with Gasteiger partial charge in [-0.05, 0) is 31.2 Å². The lowest BCUT2D eigenvalue weighted by atomic mass is 10.2. The highest BCUT2D eigenvalue weighted by Gasteiger charge is 2.20. The number of aryl methyl sites for hydroxylation is 1. The van der Waals surface area contributed by atoms with E-state index >= 15 is 0 Å². The number of piperazine rings is 1. The van der Waals surface area contributed by atoms with Crippen LogP contribution in [0.5, 0.6) is 0 Å². The Hall–Kier alpha value is -2.27. The van der Waals surface area contributed by atoms with Crippen LogP contribution in [0.2, 0.25) is 5.02 Å². The zero-order chi connectivity index (χ0) is 15.8. The number of nitrogens with zero attached hydrogens (tertiary/aromatic N) is 5. The molecule has 1 aromatic carbocycles. The van der Waals surface area contributed by atoms with Gasteiger partial charge in [0.1, 0.15) is 5.52 Å². The average molecular weight is 328 g/mol. The molecule has 4 rings (SSSR count). The van der Waals surface area contributed by atoms with E-state index < -0.39 is 0 Å². The Kier molecular flexibility index (Phi) is 3.58. The van der Waals surface area contributed by atoms with E-state index in [-0.39, 0.29) is 0 Å². The van der Waals surface area contributed by atoms with Crippen LogP contribution in [0.25, 0.3) is 5.52 Å². The van der Waals surface area contributed by atoms with Gasteiger partial charge < -0.3 is 9.80 Å². The Labute approximate surface area is 140 Å². The van der Waals surface area contributed by atoms with Crippen molar-refractivity contribution in [1.29, 1.82) is 0 Å². The molecule has 2 aromatic heterocycles. The summed E-state index contributed by atoms with van der Waals surface area (Å²) in [6.45, 7) is 5.78. The smallest absolute Gasteiger partial charge is 0.154 e. The molecule has 3 aromatic rings. The predicted octanol–water partition coefficient (Wildman–Crippen LogP) is 3.02. The molecule has 0 N–H and O–H groups in total. The van der Waals surface area contributed by atoms with Crippen LogP contribution in [0.4, 0.5) is 11.5 Å². The van der Waals surface area contributed by atoms with E-state index in [4.69, 9.17) is 11.6 Å². The molecule has 3 heterocycles.